The van der Waals surface area contributed by atoms with Crippen molar-refractivity contribution in [3.63, 3.8) is 0 Å². The van der Waals surface area contributed by atoms with Gasteiger partial charge in [-0.1, -0.05) is 11.6 Å². The molecule has 124 valence electrons. The minimum atomic E-state index is -0.364. The van der Waals surface area contributed by atoms with Crippen molar-refractivity contribution in [3.05, 3.63) is 59.2 Å². The Hall–Kier alpha value is -2.80. The van der Waals surface area contributed by atoms with Gasteiger partial charge in [-0.25, -0.2) is 0 Å². The van der Waals surface area contributed by atoms with E-state index in [0.29, 0.717) is 22.5 Å². The Morgan fingerprint density at radius 2 is 2.12 bits per heavy atom. The number of rotatable bonds is 5. The molecule has 0 saturated heterocycles. The van der Waals surface area contributed by atoms with Gasteiger partial charge in [0.05, 0.1) is 17.0 Å². The molecular formula is C16H15ClN4O3. The first-order valence-electron chi connectivity index (χ1n) is 7.24. The molecule has 0 saturated carbocycles. The van der Waals surface area contributed by atoms with E-state index in [-0.39, 0.29) is 17.7 Å². The van der Waals surface area contributed by atoms with E-state index in [9.17, 15) is 4.79 Å². The third-order valence-corrected chi connectivity index (χ3v) is 3.57. The predicted molar refractivity (Wildman–Crippen MR) is 89.2 cm³/mol. The maximum absolute atomic E-state index is 12.0. The molecule has 2 N–H and O–H groups in total. The first-order valence-corrected chi connectivity index (χ1v) is 7.61. The third-order valence-electron chi connectivity index (χ3n) is 3.26. The number of aromatic nitrogens is 2. The number of hydrogen-bond donors (Lipinski definition) is 2. The molecule has 8 heteroatoms. The molecule has 1 amide bonds. The zero-order valence-corrected chi connectivity index (χ0v) is 13.8. The molecule has 0 bridgehead atoms. The van der Waals surface area contributed by atoms with Crippen molar-refractivity contribution in [1.82, 2.24) is 10.2 Å². The van der Waals surface area contributed by atoms with Crippen molar-refractivity contribution >= 4 is 28.9 Å². The van der Waals surface area contributed by atoms with E-state index in [1.54, 1.807) is 37.3 Å². The largest absolute Gasteiger partial charge is 0.459 e. The Kier molecular flexibility index (Phi) is 4.52. The van der Waals surface area contributed by atoms with Gasteiger partial charge in [0.15, 0.2) is 5.76 Å². The summed E-state index contributed by atoms with van der Waals surface area (Å²) in [5.74, 6) is 0.845. The van der Waals surface area contributed by atoms with Crippen LogP contribution < -0.4 is 10.6 Å². The summed E-state index contributed by atoms with van der Waals surface area (Å²) in [6, 6.07) is 8.25. The molecule has 7 nitrogen and oxygen atoms in total. The lowest BCUT2D eigenvalue weighted by Gasteiger charge is -2.13. The normalized spacial score (nSPS) is 12.0. The smallest absolute Gasteiger partial charge is 0.291 e. The van der Waals surface area contributed by atoms with Gasteiger partial charge in [0.2, 0.25) is 11.8 Å². The fourth-order valence-electron chi connectivity index (χ4n) is 2.10. The second kappa shape index (κ2) is 6.76. The Bertz CT molecular complexity index is 845. The van der Waals surface area contributed by atoms with Crippen LogP contribution >= 0.6 is 11.6 Å². The highest BCUT2D eigenvalue weighted by molar-refractivity contribution is 6.34. The van der Waals surface area contributed by atoms with E-state index in [1.165, 1.54) is 6.26 Å². The number of aryl methyl sites for hydroxylation is 1. The van der Waals surface area contributed by atoms with E-state index >= 15 is 0 Å². The molecule has 3 rings (SSSR count). The van der Waals surface area contributed by atoms with Crippen LogP contribution in [0.2, 0.25) is 5.02 Å². The maximum atomic E-state index is 12.0. The molecule has 24 heavy (non-hydrogen) atoms. The van der Waals surface area contributed by atoms with Gasteiger partial charge in [-0.15, -0.1) is 10.2 Å². The van der Waals surface area contributed by atoms with Crippen LogP contribution in [0, 0.1) is 6.92 Å². The summed E-state index contributed by atoms with van der Waals surface area (Å²) >= 11 is 6.23. The fraction of sp³-hybridized carbons (Fsp3) is 0.188. The van der Waals surface area contributed by atoms with Crippen LogP contribution in [0.3, 0.4) is 0 Å². The average Bonchev–Trinajstić information content (AvgIpc) is 3.21. The zero-order chi connectivity index (χ0) is 17.1. The van der Waals surface area contributed by atoms with Gasteiger partial charge in [-0.05, 0) is 37.3 Å². The van der Waals surface area contributed by atoms with Gasteiger partial charge in [0.1, 0.15) is 6.04 Å². The van der Waals surface area contributed by atoms with Crippen LogP contribution in [0.15, 0.2) is 45.4 Å². The molecule has 1 atom stereocenters. The lowest BCUT2D eigenvalue weighted by Crippen LogP contribution is -2.11. The minimum absolute atomic E-state index is 0.175. The molecule has 0 radical (unpaired) electrons. The van der Waals surface area contributed by atoms with Gasteiger partial charge in [0, 0.05) is 12.6 Å². The van der Waals surface area contributed by atoms with E-state index in [0.717, 1.165) is 5.69 Å². The van der Waals surface area contributed by atoms with Gasteiger partial charge in [-0.3, -0.25) is 4.79 Å². The van der Waals surface area contributed by atoms with Gasteiger partial charge >= 0.3 is 0 Å². The lowest BCUT2D eigenvalue weighted by atomic mass is 10.2. The summed E-state index contributed by atoms with van der Waals surface area (Å²) in [7, 11) is 0. The third kappa shape index (κ3) is 3.57. The highest BCUT2D eigenvalue weighted by atomic mass is 35.5. The van der Waals surface area contributed by atoms with E-state index in [1.807, 2.05) is 6.92 Å². The Balaban J connectivity index is 1.69. The first-order chi connectivity index (χ1) is 11.5. The summed E-state index contributed by atoms with van der Waals surface area (Å²) in [6.07, 6.45) is 1.43. The Labute approximate surface area is 143 Å². The van der Waals surface area contributed by atoms with Crippen LogP contribution in [0.5, 0.6) is 0 Å². The quantitative estimate of drug-likeness (QED) is 0.724. The number of anilines is 2. The number of nitrogens with zero attached hydrogens (tertiary/aromatic N) is 2. The molecule has 2 aromatic heterocycles. The Morgan fingerprint density at radius 1 is 1.29 bits per heavy atom. The molecule has 1 aromatic carbocycles. The molecule has 0 unspecified atom stereocenters. The minimum Gasteiger partial charge on any atom is -0.459 e. The summed E-state index contributed by atoms with van der Waals surface area (Å²) in [5.41, 5.74) is 1.25. The van der Waals surface area contributed by atoms with E-state index in [2.05, 4.69) is 20.8 Å². The van der Waals surface area contributed by atoms with Crippen molar-refractivity contribution in [2.75, 3.05) is 10.6 Å². The van der Waals surface area contributed by atoms with Crippen LogP contribution in [-0.2, 0) is 0 Å². The topological polar surface area (TPSA) is 93.2 Å². The molecule has 2 heterocycles. The number of carbonyl (C=O) groups is 1. The Morgan fingerprint density at radius 3 is 2.75 bits per heavy atom. The van der Waals surface area contributed by atoms with Crippen molar-refractivity contribution in [3.8, 4) is 0 Å². The second-order valence-electron chi connectivity index (χ2n) is 5.15. The summed E-state index contributed by atoms with van der Waals surface area (Å²) < 4.78 is 10.4. The van der Waals surface area contributed by atoms with Gasteiger partial charge in [0.25, 0.3) is 5.91 Å². The molecule has 0 aliphatic carbocycles. The maximum Gasteiger partial charge on any atom is 0.291 e. The highest BCUT2D eigenvalue weighted by Crippen LogP contribution is 2.28. The summed E-state index contributed by atoms with van der Waals surface area (Å²) in [5, 5.41) is 14.1. The fourth-order valence-corrected chi connectivity index (χ4v) is 2.32. The van der Waals surface area contributed by atoms with Crippen LogP contribution in [0.1, 0.15) is 35.3 Å². The number of furan rings is 1. The summed E-state index contributed by atoms with van der Waals surface area (Å²) in [4.78, 5) is 12.0. The zero-order valence-electron chi connectivity index (χ0n) is 13.0. The molecule has 0 aliphatic rings. The number of amides is 1. The lowest BCUT2D eigenvalue weighted by molar-refractivity contribution is 0.0996. The van der Waals surface area contributed by atoms with Gasteiger partial charge < -0.3 is 19.5 Å². The van der Waals surface area contributed by atoms with Crippen molar-refractivity contribution in [2.45, 2.75) is 19.9 Å². The van der Waals surface area contributed by atoms with Crippen molar-refractivity contribution in [1.29, 1.82) is 0 Å². The summed E-state index contributed by atoms with van der Waals surface area (Å²) in [6.45, 7) is 3.63. The predicted octanol–water partition coefficient (Wildman–Crippen LogP) is 4.05. The first kappa shape index (κ1) is 16.1. The number of nitrogens with one attached hydrogen (secondary N) is 2. The number of benzene rings is 1. The van der Waals surface area contributed by atoms with Crippen LogP contribution in [0.25, 0.3) is 0 Å². The van der Waals surface area contributed by atoms with E-state index < -0.39 is 0 Å². The SMILES string of the molecule is Cc1nnc([C@@H](C)Nc2ccc(NC(=O)c3ccco3)c(Cl)c2)o1. The number of hydrogen-bond acceptors (Lipinski definition) is 6. The second-order valence-corrected chi connectivity index (χ2v) is 5.56. The van der Waals surface area contributed by atoms with Crippen molar-refractivity contribution < 1.29 is 13.6 Å². The molecule has 0 fully saturated rings. The molecule has 0 aliphatic heterocycles. The average molecular weight is 347 g/mol. The standard InChI is InChI=1S/C16H15ClN4O3/c1-9(16-21-20-10(2)24-16)18-11-5-6-13(12(17)8-11)19-15(22)14-4-3-7-23-14/h3-9,18H,1-2H3,(H,19,22)/t9-/m1/s1. The van der Waals surface area contributed by atoms with Crippen LogP contribution in [-0.4, -0.2) is 16.1 Å². The number of halogens is 1. The monoisotopic (exact) mass is 346 g/mol. The highest BCUT2D eigenvalue weighted by Gasteiger charge is 2.14. The van der Waals surface area contributed by atoms with Crippen molar-refractivity contribution in [2.24, 2.45) is 0 Å². The number of carbonyl (C=O) groups excluding carboxylic acids is 1. The molecular weight excluding hydrogens is 332 g/mol. The van der Waals surface area contributed by atoms with Crippen LogP contribution in [0.4, 0.5) is 11.4 Å². The van der Waals surface area contributed by atoms with E-state index in [4.69, 9.17) is 20.4 Å². The van der Waals surface area contributed by atoms with Gasteiger partial charge in [-0.2, -0.15) is 0 Å². The molecule has 3 aromatic rings. The molecule has 0 spiro atoms.